The minimum absolute atomic E-state index is 0.0345. The van der Waals surface area contributed by atoms with Crippen molar-refractivity contribution in [1.29, 1.82) is 0 Å². The summed E-state index contributed by atoms with van der Waals surface area (Å²) in [6, 6.07) is 0.660. The molecular formula is C20H31NO. The second-order valence-electron chi connectivity index (χ2n) is 8.85. The molecule has 0 spiro atoms. The van der Waals surface area contributed by atoms with Gasteiger partial charge in [0.2, 0.25) is 0 Å². The molecule has 1 saturated carbocycles. The normalized spacial score (nSPS) is 51.0. The largest absolute Gasteiger partial charge is 0.395 e. The van der Waals surface area contributed by atoms with Crippen LogP contribution in [0.5, 0.6) is 0 Å². The van der Waals surface area contributed by atoms with E-state index in [1.807, 2.05) is 0 Å². The van der Waals surface area contributed by atoms with Crippen molar-refractivity contribution in [3.8, 4) is 0 Å². The zero-order valence-electron chi connectivity index (χ0n) is 14.7. The zero-order valence-corrected chi connectivity index (χ0v) is 14.7. The van der Waals surface area contributed by atoms with Crippen molar-refractivity contribution in [3.05, 3.63) is 23.3 Å². The Hall–Kier alpha value is -0.600. The summed E-state index contributed by atoms with van der Waals surface area (Å²) in [6.45, 7) is 11.1. The summed E-state index contributed by atoms with van der Waals surface area (Å²) in [5.74, 6) is 0.707. The van der Waals surface area contributed by atoms with E-state index in [0.29, 0.717) is 24.1 Å². The summed E-state index contributed by atoms with van der Waals surface area (Å²) in [6.07, 6.45) is 11.0. The Balaban J connectivity index is 1.81. The summed E-state index contributed by atoms with van der Waals surface area (Å²) in [5.41, 5.74) is 3.65. The lowest BCUT2D eigenvalue weighted by molar-refractivity contribution is -0.116. The van der Waals surface area contributed by atoms with Gasteiger partial charge in [0.1, 0.15) is 0 Å². The van der Waals surface area contributed by atoms with Gasteiger partial charge in [0.05, 0.1) is 6.61 Å². The Labute approximate surface area is 135 Å². The van der Waals surface area contributed by atoms with Crippen LogP contribution in [0.15, 0.2) is 23.3 Å². The van der Waals surface area contributed by atoms with E-state index in [9.17, 15) is 5.11 Å². The van der Waals surface area contributed by atoms with E-state index in [1.54, 1.807) is 5.57 Å². The first-order valence-corrected chi connectivity index (χ1v) is 9.10. The highest BCUT2D eigenvalue weighted by Crippen LogP contribution is 2.68. The fourth-order valence-corrected chi connectivity index (χ4v) is 6.89. The average molecular weight is 301 g/mol. The maximum Gasteiger partial charge on any atom is 0.0529 e. The Morgan fingerprint density at radius 1 is 1.18 bits per heavy atom. The molecule has 1 saturated heterocycles. The predicted molar refractivity (Wildman–Crippen MR) is 90.6 cm³/mol. The minimum atomic E-state index is 0.0345. The Morgan fingerprint density at radius 2 is 1.95 bits per heavy atom. The molecule has 2 nitrogen and oxygen atoms in total. The van der Waals surface area contributed by atoms with Crippen LogP contribution >= 0.6 is 0 Å². The molecule has 2 heterocycles. The van der Waals surface area contributed by atoms with Crippen LogP contribution in [0.3, 0.4) is 0 Å². The number of fused-ring (bicyclic) bond motifs is 5. The molecule has 22 heavy (non-hydrogen) atoms. The molecule has 4 rings (SSSR count). The molecular weight excluding hydrogens is 270 g/mol. The van der Waals surface area contributed by atoms with Gasteiger partial charge in [-0.2, -0.15) is 0 Å². The number of nitrogens with zero attached hydrogens (tertiary/aromatic N) is 1. The van der Waals surface area contributed by atoms with Gasteiger partial charge in [-0.1, -0.05) is 30.2 Å². The highest BCUT2D eigenvalue weighted by molar-refractivity contribution is 5.32. The monoisotopic (exact) mass is 301 g/mol. The van der Waals surface area contributed by atoms with Crippen LogP contribution < -0.4 is 0 Å². The lowest BCUT2D eigenvalue weighted by Crippen LogP contribution is -2.62. The summed E-state index contributed by atoms with van der Waals surface area (Å²) in [5, 5.41) is 10.4. The molecule has 5 atom stereocenters. The molecule has 122 valence electrons. The molecule has 0 unspecified atom stereocenters. The van der Waals surface area contributed by atoms with Crippen molar-refractivity contribution in [1.82, 2.24) is 4.90 Å². The molecule has 0 bridgehead atoms. The van der Waals surface area contributed by atoms with Gasteiger partial charge in [0, 0.05) is 23.5 Å². The van der Waals surface area contributed by atoms with E-state index < -0.39 is 0 Å². The van der Waals surface area contributed by atoms with E-state index in [4.69, 9.17) is 0 Å². The van der Waals surface area contributed by atoms with Crippen LogP contribution in [-0.4, -0.2) is 34.7 Å². The smallest absolute Gasteiger partial charge is 0.0529 e. The van der Waals surface area contributed by atoms with Gasteiger partial charge >= 0.3 is 0 Å². The van der Waals surface area contributed by atoms with Crippen LogP contribution in [0.4, 0.5) is 0 Å². The average Bonchev–Trinajstić information content (AvgIpc) is 2.99. The number of allylic oxidation sites excluding steroid dienone is 1. The summed E-state index contributed by atoms with van der Waals surface area (Å²) in [7, 11) is 0. The second kappa shape index (κ2) is 4.48. The molecule has 2 heteroatoms. The van der Waals surface area contributed by atoms with Crippen LogP contribution in [0, 0.1) is 16.7 Å². The lowest BCUT2D eigenvalue weighted by atomic mass is 9.43. The van der Waals surface area contributed by atoms with Crippen molar-refractivity contribution in [2.75, 3.05) is 13.2 Å². The lowest BCUT2D eigenvalue weighted by Gasteiger charge is -2.63. The van der Waals surface area contributed by atoms with Gasteiger partial charge < -0.3 is 5.11 Å². The molecule has 4 aliphatic rings. The molecule has 2 aliphatic heterocycles. The summed E-state index contributed by atoms with van der Waals surface area (Å²) >= 11 is 0. The maximum atomic E-state index is 10.4. The van der Waals surface area contributed by atoms with Crippen molar-refractivity contribution in [2.24, 2.45) is 16.7 Å². The first-order valence-electron chi connectivity index (χ1n) is 9.10. The first kappa shape index (κ1) is 15.0. The van der Waals surface area contributed by atoms with Gasteiger partial charge in [-0.15, -0.1) is 0 Å². The number of aliphatic hydroxyl groups is 1. The molecule has 2 fully saturated rings. The standard InChI is InChI=1S/C20H31NO/c1-14-7-11-21-16(14)12-17-18(3)8-5-6-15(2)20(18,13-22)10-9-19(17,21)4/h6-7,16-17,22H,5,8-13H2,1-4H3/t16-,17+,18+,19+,20-/m0/s1. The molecule has 0 radical (unpaired) electrons. The topological polar surface area (TPSA) is 23.5 Å². The third kappa shape index (κ3) is 1.49. The highest BCUT2D eigenvalue weighted by Gasteiger charge is 2.66. The molecule has 0 amide bonds. The quantitative estimate of drug-likeness (QED) is 0.742. The van der Waals surface area contributed by atoms with Gasteiger partial charge in [-0.3, -0.25) is 4.90 Å². The van der Waals surface area contributed by atoms with Crippen LogP contribution in [0.1, 0.15) is 59.8 Å². The Morgan fingerprint density at radius 3 is 2.68 bits per heavy atom. The van der Waals surface area contributed by atoms with Gasteiger partial charge in [0.25, 0.3) is 0 Å². The third-order valence-electron chi connectivity index (χ3n) is 8.44. The number of rotatable bonds is 1. The predicted octanol–water partition coefficient (Wildman–Crippen LogP) is 3.91. The molecule has 0 aromatic rings. The Kier molecular flexibility index (Phi) is 3.05. The molecule has 0 aromatic heterocycles. The molecule has 2 aliphatic carbocycles. The van der Waals surface area contributed by atoms with Crippen LogP contribution in [0.2, 0.25) is 0 Å². The van der Waals surface area contributed by atoms with E-state index >= 15 is 0 Å². The minimum Gasteiger partial charge on any atom is -0.395 e. The number of aliphatic hydroxyl groups excluding tert-OH is 1. The second-order valence-corrected chi connectivity index (χ2v) is 8.85. The van der Waals surface area contributed by atoms with Crippen molar-refractivity contribution >= 4 is 0 Å². The fourth-order valence-electron chi connectivity index (χ4n) is 6.89. The molecule has 0 aromatic carbocycles. The number of hydrogen-bond acceptors (Lipinski definition) is 2. The summed E-state index contributed by atoms with van der Waals surface area (Å²) in [4.78, 5) is 2.78. The third-order valence-corrected chi connectivity index (χ3v) is 8.44. The first-order chi connectivity index (χ1) is 10.4. The van der Waals surface area contributed by atoms with Crippen molar-refractivity contribution in [3.63, 3.8) is 0 Å². The molecule has 1 N–H and O–H groups in total. The van der Waals surface area contributed by atoms with Gasteiger partial charge in [-0.05, 0) is 64.2 Å². The maximum absolute atomic E-state index is 10.4. The Bertz CT molecular complexity index is 564. The fraction of sp³-hybridized carbons (Fsp3) is 0.800. The zero-order chi connectivity index (χ0) is 15.8. The van der Waals surface area contributed by atoms with E-state index in [1.165, 1.54) is 31.3 Å². The van der Waals surface area contributed by atoms with Crippen molar-refractivity contribution in [2.45, 2.75) is 71.4 Å². The van der Waals surface area contributed by atoms with Crippen LogP contribution in [0.25, 0.3) is 0 Å². The van der Waals surface area contributed by atoms with E-state index in [0.717, 1.165) is 13.0 Å². The SMILES string of the molecule is CC1=CCN2[C@H]1C[C@H]1[C@@]2(C)CC[C@]2(CO)C(C)=CCC[C@]12C. The number of hydrogen-bond donors (Lipinski definition) is 1. The van der Waals surface area contributed by atoms with E-state index in [-0.39, 0.29) is 10.8 Å². The van der Waals surface area contributed by atoms with Gasteiger partial charge in [0.15, 0.2) is 0 Å². The van der Waals surface area contributed by atoms with E-state index in [2.05, 4.69) is 44.7 Å². The van der Waals surface area contributed by atoms with Gasteiger partial charge in [-0.25, -0.2) is 0 Å². The van der Waals surface area contributed by atoms with Crippen molar-refractivity contribution < 1.29 is 5.11 Å². The summed E-state index contributed by atoms with van der Waals surface area (Å²) < 4.78 is 0. The van der Waals surface area contributed by atoms with Crippen LogP contribution in [-0.2, 0) is 0 Å². The highest BCUT2D eigenvalue weighted by atomic mass is 16.3.